The number of benzene rings is 2. The van der Waals surface area contributed by atoms with Gasteiger partial charge in [0.2, 0.25) is 0 Å². The van der Waals surface area contributed by atoms with Crippen molar-refractivity contribution in [3.05, 3.63) is 71.0 Å². The number of halogens is 3. The lowest BCUT2D eigenvalue weighted by atomic mass is 9.88. The molecule has 2 N–H and O–H groups in total. The predicted octanol–water partition coefficient (Wildman–Crippen LogP) is 5.56. The molecule has 7 heteroatoms. The summed E-state index contributed by atoms with van der Waals surface area (Å²) in [6.07, 6.45) is 0.647. The van der Waals surface area contributed by atoms with E-state index in [0.717, 1.165) is 11.6 Å². The van der Waals surface area contributed by atoms with Gasteiger partial charge in [-0.1, -0.05) is 49.4 Å². The summed E-state index contributed by atoms with van der Waals surface area (Å²) in [4.78, 5) is 0. The van der Waals surface area contributed by atoms with Crippen LogP contribution in [0.15, 0.2) is 48.5 Å². The first-order chi connectivity index (χ1) is 14.0. The van der Waals surface area contributed by atoms with Gasteiger partial charge in [-0.15, -0.1) is 0 Å². The summed E-state index contributed by atoms with van der Waals surface area (Å²) >= 11 is 0. The molecular weight excluding hydrogens is 411 g/mol. The number of hydrogen-bond donors (Lipinski definition) is 1. The fourth-order valence-corrected chi connectivity index (χ4v) is 4.22. The van der Waals surface area contributed by atoms with E-state index in [1.54, 1.807) is 32.9 Å². The quantitative estimate of drug-likeness (QED) is 0.556. The molecule has 1 saturated carbocycles. The summed E-state index contributed by atoms with van der Waals surface area (Å²) in [5.41, 5.74) is -1.38. The molecule has 3 rings (SSSR count). The van der Waals surface area contributed by atoms with E-state index in [-0.39, 0.29) is 25.0 Å². The van der Waals surface area contributed by atoms with Crippen LogP contribution in [-0.2, 0) is 28.3 Å². The van der Waals surface area contributed by atoms with Gasteiger partial charge in [0.05, 0.1) is 27.9 Å². The Bertz CT molecular complexity index is 914. The van der Waals surface area contributed by atoms with Crippen LogP contribution in [0.2, 0.25) is 0 Å². The van der Waals surface area contributed by atoms with Gasteiger partial charge >= 0.3 is 5.92 Å². The highest BCUT2D eigenvalue weighted by Gasteiger charge is 2.65. The Morgan fingerprint density at radius 3 is 2.33 bits per heavy atom. The Hall–Kier alpha value is -1.70. The molecule has 30 heavy (non-hydrogen) atoms. The summed E-state index contributed by atoms with van der Waals surface area (Å²) in [6.45, 7) is 5.21. The molecule has 0 aliphatic heterocycles. The second-order valence-corrected chi connectivity index (χ2v) is 10.4. The second-order valence-electron chi connectivity index (χ2n) is 8.71. The summed E-state index contributed by atoms with van der Waals surface area (Å²) in [6, 6.07) is 13.2. The molecule has 0 heterocycles. The highest BCUT2D eigenvalue weighted by atomic mass is 32.2. The van der Waals surface area contributed by atoms with E-state index in [9.17, 15) is 4.21 Å². The van der Waals surface area contributed by atoms with Crippen molar-refractivity contribution < 1.29 is 22.1 Å². The van der Waals surface area contributed by atoms with Gasteiger partial charge in [-0.3, -0.25) is 5.14 Å². The van der Waals surface area contributed by atoms with E-state index in [1.165, 1.54) is 12.1 Å². The number of nitrogens with two attached hydrogens (primary N) is 1. The highest BCUT2D eigenvalue weighted by molar-refractivity contribution is 7.84. The third-order valence-corrected chi connectivity index (χ3v) is 7.13. The Morgan fingerprint density at radius 2 is 1.77 bits per heavy atom. The van der Waals surface area contributed by atoms with Crippen LogP contribution >= 0.6 is 0 Å². The van der Waals surface area contributed by atoms with E-state index < -0.39 is 44.6 Å². The van der Waals surface area contributed by atoms with Crippen molar-refractivity contribution in [1.82, 2.24) is 0 Å². The standard InChI is InChI=1S/C23H28F3NO2S/c1-16(14-21(2,3)30(27)28)18-10-7-11-19(20(18)24)23(25,26)22(12-13-22)29-15-17-8-5-4-6-9-17/h4-11,16H,12-15,27H2,1-3H3/t16-,30?/m1/s1. The van der Waals surface area contributed by atoms with Crippen molar-refractivity contribution in [2.75, 3.05) is 0 Å². The molecule has 0 spiro atoms. The molecule has 1 aliphatic rings. The normalized spacial score (nSPS) is 18.1. The topological polar surface area (TPSA) is 52.3 Å². The van der Waals surface area contributed by atoms with E-state index in [2.05, 4.69) is 0 Å². The molecule has 0 saturated heterocycles. The molecule has 0 aromatic heterocycles. The zero-order valence-electron chi connectivity index (χ0n) is 17.5. The number of ether oxygens (including phenoxy) is 1. The molecule has 1 unspecified atom stereocenters. The monoisotopic (exact) mass is 439 g/mol. The van der Waals surface area contributed by atoms with Crippen LogP contribution in [-0.4, -0.2) is 14.6 Å². The van der Waals surface area contributed by atoms with Crippen LogP contribution in [0.25, 0.3) is 0 Å². The Kier molecular flexibility index (Phi) is 6.46. The molecule has 2 aromatic rings. The van der Waals surface area contributed by atoms with Crippen LogP contribution in [0.5, 0.6) is 0 Å². The van der Waals surface area contributed by atoms with Gasteiger partial charge in [0, 0.05) is 0 Å². The molecule has 1 fully saturated rings. The van der Waals surface area contributed by atoms with Gasteiger partial charge in [0.1, 0.15) is 11.4 Å². The average molecular weight is 440 g/mol. The molecule has 0 bridgehead atoms. The Balaban J connectivity index is 1.84. The van der Waals surface area contributed by atoms with E-state index in [1.807, 2.05) is 18.2 Å². The van der Waals surface area contributed by atoms with Crippen molar-refractivity contribution in [2.45, 2.75) is 68.8 Å². The maximum absolute atomic E-state index is 15.4. The summed E-state index contributed by atoms with van der Waals surface area (Å²) in [5, 5.41) is 5.52. The lowest BCUT2D eigenvalue weighted by Crippen LogP contribution is -2.37. The minimum absolute atomic E-state index is 0.0463. The molecule has 164 valence electrons. The summed E-state index contributed by atoms with van der Waals surface area (Å²) in [5.74, 6) is -4.82. The van der Waals surface area contributed by atoms with Gasteiger partial charge in [-0.25, -0.2) is 8.60 Å². The molecule has 3 nitrogen and oxygen atoms in total. The van der Waals surface area contributed by atoms with Crippen molar-refractivity contribution in [3.8, 4) is 0 Å². The number of rotatable bonds is 9. The summed E-state index contributed by atoms with van der Waals surface area (Å²) < 4.78 is 62.8. The van der Waals surface area contributed by atoms with Crippen molar-refractivity contribution in [2.24, 2.45) is 5.14 Å². The highest BCUT2D eigenvalue weighted by Crippen LogP contribution is 2.57. The van der Waals surface area contributed by atoms with E-state index in [4.69, 9.17) is 9.88 Å². The third kappa shape index (κ3) is 4.48. The van der Waals surface area contributed by atoms with Crippen LogP contribution in [0.1, 0.15) is 62.6 Å². The van der Waals surface area contributed by atoms with Crippen molar-refractivity contribution in [3.63, 3.8) is 0 Å². The van der Waals surface area contributed by atoms with Crippen molar-refractivity contribution >= 4 is 11.0 Å². The first-order valence-electron chi connectivity index (χ1n) is 10.0. The minimum Gasteiger partial charge on any atom is -0.364 e. The molecule has 1 aliphatic carbocycles. The maximum Gasteiger partial charge on any atom is 0.304 e. The van der Waals surface area contributed by atoms with Crippen molar-refractivity contribution in [1.29, 1.82) is 0 Å². The van der Waals surface area contributed by atoms with Gasteiger partial charge in [-0.2, -0.15) is 8.78 Å². The third-order valence-electron chi connectivity index (χ3n) is 5.87. The van der Waals surface area contributed by atoms with Crippen LogP contribution in [0, 0.1) is 5.82 Å². The minimum atomic E-state index is -3.46. The zero-order chi connectivity index (χ0) is 22.2. The average Bonchev–Trinajstić information content (AvgIpc) is 3.48. The van der Waals surface area contributed by atoms with Gasteiger partial charge < -0.3 is 4.74 Å². The Labute approximate surface area is 178 Å². The molecule has 2 atom stereocenters. The first kappa shape index (κ1) is 23.0. The van der Waals surface area contributed by atoms with Gasteiger partial charge in [0.25, 0.3) is 0 Å². The van der Waals surface area contributed by atoms with E-state index >= 15 is 13.2 Å². The largest absolute Gasteiger partial charge is 0.364 e. The van der Waals surface area contributed by atoms with Crippen LogP contribution in [0.3, 0.4) is 0 Å². The fraction of sp³-hybridized carbons (Fsp3) is 0.478. The lowest BCUT2D eigenvalue weighted by Gasteiger charge is -2.30. The zero-order valence-corrected chi connectivity index (χ0v) is 18.3. The lowest BCUT2D eigenvalue weighted by molar-refractivity contribution is -0.169. The molecule has 2 aromatic carbocycles. The SMILES string of the molecule is C[C@H](CC(C)(C)S(N)=O)c1cccc(C(F)(F)C2(OCc3ccccc3)CC2)c1F. The smallest absolute Gasteiger partial charge is 0.304 e. The van der Waals surface area contributed by atoms with Gasteiger partial charge in [0.15, 0.2) is 0 Å². The first-order valence-corrected chi connectivity index (χ1v) is 11.2. The predicted molar refractivity (Wildman–Crippen MR) is 113 cm³/mol. The van der Waals surface area contributed by atoms with Crippen LogP contribution < -0.4 is 5.14 Å². The molecule has 0 radical (unpaired) electrons. The second kappa shape index (κ2) is 8.44. The van der Waals surface area contributed by atoms with Gasteiger partial charge in [-0.05, 0) is 56.2 Å². The Morgan fingerprint density at radius 1 is 1.13 bits per heavy atom. The summed E-state index contributed by atoms with van der Waals surface area (Å²) in [7, 11) is -1.61. The molecular formula is C23H28F3NO2S. The molecule has 0 amide bonds. The number of hydrogen-bond acceptors (Lipinski definition) is 2. The number of alkyl halides is 2. The maximum atomic E-state index is 15.4. The van der Waals surface area contributed by atoms with E-state index in [0.29, 0.717) is 6.42 Å². The van der Waals surface area contributed by atoms with Crippen LogP contribution in [0.4, 0.5) is 13.2 Å². The fourth-order valence-electron chi connectivity index (χ4n) is 3.81.